The fourth-order valence-corrected chi connectivity index (χ4v) is 2.17. The van der Waals surface area contributed by atoms with Crippen molar-refractivity contribution in [1.82, 2.24) is 14.9 Å². The molecule has 5 nitrogen and oxygen atoms in total. The molecule has 1 aromatic rings. The molecule has 0 spiro atoms. The maximum absolute atomic E-state index is 4.41. The lowest BCUT2D eigenvalue weighted by Gasteiger charge is -2.21. The summed E-state index contributed by atoms with van der Waals surface area (Å²) in [6, 6.07) is 0.356. The Hall–Kier alpha value is -1.36. The molecule has 0 radical (unpaired) electrons. The van der Waals surface area contributed by atoms with Crippen molar-refractivity contribution >= 4 is 11.6 Å². The molecule has 0 fully saturated rings. The Morgan fingerprint density at radius 3 is 2.47 bits per heavy atom. The number of nitrogens with zero attached hydrogens (tertiary/aromatic N) is 3. The molecule has 0 aliphatic heterocycles. The molecular weight excluding hydrogens is 238 g/mol. The molecule has 1 unspecified atom stereocenters. The first kappa shape index (κ1) is 15.7. The smallest absolute Gasteiger partial charge is 0.134 e. The quantitative estimate of drug-likeness (QED) is 0.755. The van der Waals surface area contributed by atoms with E-state index < -0.39 is 0 Å². The number of anilines is 2. The highest BCUT2D eigenvalue weighted by Crippen LogP contribution is 2.22. The molecule has 0 amide bonds. The van der Waals surface area contributed by atoms with E-state index in [4.69, 9.17) is 0 Å². The Kier molecular flexibility index (Phi) is 6.56. The van der Waals surface area contributed by atoms with E-state index in [2.05, 4.69) is 60.4 Å². The van der Waals surface area contributed by atoms with Crippen LogP contribution < -0.4 is 10.6 Å². The van der Waals surface area contributed by atoms with Crippen LogP contribution in [0.4, 0.5) is 11.6 Å². The van der Waals surface area contributed by atoms with Crippen molar-refractivity contribution in [3.05, 3.63) is 11.9 Å². The van der Waals surface area contributed by atoms with Crippen molar-refractivity contribution in [3.8, 4) is 0 Å². The van der Waals surface area contributed by atoms with Gasteiger partial charge in [-0.05, 0) is 34.4 Å². The van der Waals surface area contributed by atoms with Crippen molar-refractivity contribution in [2.24, 2.45) is 0 Å². The predicted octanol–water partition coefficient (Wildman–Crippen LogP) is 2.22. The van der Waals surface area contributed by atoms with Crippen LogP contribution in [0.1, 0.15) is 32.8 Å². The van der Waals surface area contributed by atoms with E-state index in [1.165, 1.54) is 5.56 Å². The van der Waals surface area contributed by atoms with Crippen molar-refractivity contribution in [3.63, 3.8) is 0 Å². The van der Waals surface area contributed by atoms with Gasteiger partial charge in [0.1, 0.15) is 18.0 Å². The summed E-state index contributed by atoms with van der Waals surface area (Å²) in [5.41, 5.74) is 1.19. The first-order valence-corrected chi connectivity index (χ1v) is 7.07. The van der Waals surface area contributed by atoms with Gasteiger partial charge in [0.2, 0.25) is 0 Å². The third kappa shape index (κ3) is 5.03. The summed E-state index contributed by atoms with van der Waals surface area (Å²) in [5.74, 6) is 1.92. The highest BCUT2D eigenvalue weighted by Gasteiger charge is 2.12. The fourth-order valence-electron chi connectivity index (χ4n) is 2.17. The second kappa shape index (κ2) is 7.94. The summed E-state index contributed by atoms with van der Waals surface area (Å²) in [7, 11) is 4.16. The van der Waals surface area contributed by atoms with Crippen LogP contribution in [-0.4, -0.2) is 48.1 Å². The summed E-state index contributed by atoms with van der Waals surface area (Å²) in [6.07, 6.45) is 3.70. The number of aromatic nitrogens is 2. The van der Waals surface area contributed by atoms with Gasteiger partial charge in [0.05, 0.1) is 0 Å². The molecule has 0 saturated heterocycles. The standard InChI is InChI=1S/C14H27N5/c1-6-8-12-13(15-7-2)16-10-17-14(12)18-11(3)9-19(4)5/h10-11H,6-9H2,1-5H3,(H2,15,16,17,18). The molecule has 0 saturated carbocycles. The van der Waals surface area contributed by atoms with Gasteiger partial charge in [-0.1, -0.05) is 13.3 Å². The number of nitrogens with one attached hydrogen (secondary N) is 2. The summed E-state index contributed by atoms with van der Waals surface area (Å²) in [4.78, 5) is 10.9. The molecular formula is C14H27N5. The van der Waals surface area contributed by atoms with Crippen LogP contribution in [0.3, 0.4) is 0 Å². The zero-order valence-electron chi connectivity index (χ0n) is 12.8. The predicted molar refractivity (Wildman–Crippen MR) is 81.8 cm³/mol. The van der Waals surface area contributed by atoms with Gasteiger partial charge in [-0.3, -0.25) is 0 Å². The third-order valence-electron chi connectivity index (χ3n) is 2.81. The maximum atomic E-state index is 4.41. The zero-order valence-corrected chi connectivity index (χ0v) is 12.8. The normalized spacial score (nSPS) is 12.5. The Morgan fingerprint density at radius 2 is 1.89 bits per heavy atom. The first-order chi connectivity index (χ1) is 9.08. The minimum absolute atomic E-state index is 0.356. The van der Waals surface area contributed by atoms with Crippen molar-refractivity contribution in [2.75, 3.05) is 37.8 Å². The Morgan fingerprint density at radius 1 is 1.21 bits per heavy atom. The van der Waals surface area contributed by atoms with Crippen LogP contribution in [0, 0.1) is 0 Å². The summed E-state index contributed by atoms with van der Waals surface area (Å²) in [6.45, 7) is 8.28. The van der Waals surface area contributed by atoms with Gasteiger partial charge in [0, 0.05) is 24.7 Å². The van der Waals surface area contributed by atoms with E-state index in [0.717, 1.165) is 37.6 Å². The minimum atomic E-state index is 0.356. The number of rotatable bonds is 8. The number of hydrogen-bond donors (Lipinski definition) is 2. The number of likely N-dealkylation sites (N-methyl/N-ethyl adjacent to an activating group) is 1. The van der Waals surface area contributed by atoms with E-state index in [1.807, 2.05) is 0 Å². The van der Waals surface area contributed by atoms with Crippen LogP contribution in [0.5, 0.6) is 0 Å². The van der Waals surface area contributed by atoms with Crippen LogP contribution in [0.2, 0.25) is 0 Å². The average molecular weight is 265 g/mol. The zero-order chi connectivity index (χ0) is 14.3. The van der Waals surface area contributed by atoms with Gasteiger partial charge in [-0.25, -0.2) is 9.97 Å². The molecule has 1 heterocycles. The van der Waals surface area contributed by atoms with E-state index in [0.29, 0.717) is 6.04 Å². The van der Waals surface area contributed by atoms with Crippen molar-refractivity contribution < 1.29 is 0 Å². The number of hydrogen-bond acceptors (Lipinski definition) is 5. The topological polar surface area (TPSA) is 53.1 Å². The van der Waals surface area contributed by atoms with E-state index in [-0.39, 0.29) is 0 Å². The van der Waals surface area contributed by atoms with Crippen molar-refractivity contribution in [1.29, 1.82) is 0 Å². The molecule has 0 aliphatic rings. The fraction of sp³-hybridized carbons (Fsp3) is 0.714. The molecule has 2 N–H and O–H groups in total. The molecule has 1 rings (SSSR count). The molecule has 108 valence electrons. The van der Waals surface area contributed by atoms with Crippen LogP contribution in [0.25, 0.3) is 0 Å². The monoisotopic (exact) mass is 265 g/mol. The van der Waals surface area contributed by atoms with Crippen LogP contribution in [0.15, 0.2) is 6.33 Å². The average Bonchev–Trinajstić information content (AvgIpc) is 2.32. The first-order valence-electron chi connectivity index (χ1n) is 7.07. The van der Waals surface area contributed by atoms with Gasteiger partial charge >= 0.3 is 0 Å². The Labute approximate surface area is 116 Å². The molecule has 5 heteroatoms. The summed E-state index contributed by atoms with van der Waals surface area (Å²) >= 11 is 0. The van der Waals surface area contributed by atoms with Gasteiger partial charge in [0.15, 0.2) is 0 Å². The maximum Gasteiger partial charge on any atom is 0.134 e. The second-order valence-corrected chi connectivity index (χ2v) is 5.14. The third-order valence-corrected chi connectivity index (χ3v) is 2.81. The largest absolute Gasteiger partial charge is 0.370 e. The molecule has 0 aliphatic carbocycles. The van der Waals surface area contributed by atoms with Gasteiger partial charge < -0.3 is 15.5 Å². The van der Waals surface area contributed by atoms with E-state index >= 15 is 0 Å². The lowest BCUT2D eigenvalue weighted by atomic mass is 10.1. The lowest BCUT2D eigenvalue weighted by Crippen LogP contribution is -2.30. The summed E-state index contributed by atoms with van der Waals surface area (Å²) in [5, 5.41) is 6.81. The second-order valence-electron chi connectivity index (χ2n) is 5.14. The van der Waals surface area contributed by atoms with Crippen LogP contribution in [-0.2, 0) is 6.42 Å². The highest BCUT2D eigenvalue weighted by atomic mass is 15.1. The van der Waals surface area contributed by atoms with Gasteiger partial charge in [0.25, 0.3) is 0 Å². The van der Waals surface area contributed by atoms with E-state index in [9.17, 15) is 0 Å². The minimum Gasteiger partial charge on any atom is -0.370 e. The van der Waals surface area contributed by atoms with Crippen LogP contribution >= 0.6 is 0 Å². The molecule has 0 bridgehead atoms. The van der Waals surface area contributed by atoms with Gasteiger partial charge in [-0.2, -0.15) is 0 Å². The SMILES string of the molecule is CCCc1c(NCC)ncnc1NC(C)CN(C)C. The lowest BCUT2D eigenvalue weighted by molar-refractivity contribution is 0.391. The van der Waals surface area contributed by atoms with Crippen molar-refractivity contribution in [2.45, 2.75) is 39.7 Å². The van der Waals surface area contributed by atoms with Gasteiger partial charge in [-0.15, -0.1) is 0 Å². The Balaban J connectivity index is 2.88. The molecule has 0 aromatic carbocycles. The molecule has 1 aromatic heterocycles. The highest BCUT2D eigenvalue weighted by molar-refractivity contribution is 5.57. The van der Waals surface area contributed by atoms with E-state index in [1.54, 1.807) is 6.33 Å². The molecule has 1 atom stereocenters. The summed E-state index contributed by atoms with van der Waals surface area (Å²) < 4.78 is 0. The molecule has 19 heavy (non-hydrogen) atoms. The Bertz CT molecular complexity index is 378.